The standard InChI is InChI=1S/C24H21ClF2N8O/c1-11(2)6-18(31-21-15(10-28)20(29)33-24(30)34-21)22-32-17-5-3-4-16(25)19(17)23(36)35(22)14-8-12(26)7-13(27)9-14/h3-5,7-9,11,18H,6H2,1-2H3,(H5,29,30,31,33,34). The van der Waals surface area contributed by atoms with Crippen LogP contribution in [0.5, 0.6) is 0 Å². The molecular formula is C24H21ClF2N8O. The molecule has 0 aliphatic heterocycles. The third-order valence-corrected chi connectivity index (χ3v) is 5.69. The van der Waals surface area contributed by atoms with E-state index in [1.165, 1.54) is 6.07 Å². The Morgan fingerprint density at radius 1 is 1.14 bits per heavy atom. The number of anilines is 3. The molecule has 2 aromatic carbocycles. The van der Waals surface area contributed by atoms with Crippen molar-refractivity contribution in [2.75, 3.05) is 16.8 Å². The Bertz CT molecular complexity index is 1560. The monoisotopic (exact) mass is 510 g/mol. The van der Waals surface area contributed by atoms with Gasteiger partial charge in [-0.1, -0.05) is 31.5 Å². The third-order valence-electron chi connectivity index (χ3n) is 5.37. The maximum absolute atomic E-state index is 14.2. The lowest BCUT2D eigenvalue weighted by Crippen LogP contribution is -2.29. The highest BCUT2D eigenvalue weighted by molar-refractivity contribution is 6.35. The van der Waals surface area contributed by atoms with Gasteiger partial charge in [-0.3, -0.25) is 9.36 Å². The van der Waals surface area contributed by atoms with E-state index in [1.54, 1.807) is 12.1 Å². The molecule has 0 bridgehead atoms. The van der Waals surface area contributed by atoms with Crippen molar-refractivity contribution < 1.29 is 8.78 Å². The van der Waals surface area contributed by atoms with Gasteiger partial charge in [0.2, 0.25) is 5.95 Å². The van der Waals surface area contributed by atoms with Crippen molar-refractivity contribution >= 4 is 40.1 Å². The van der Waals surface area contributed by atoms with Crippen LogP contribution in [0.1, 0.15) is 37.7 Å². The van der Waals surface area contributed by atoms with Crippen LogP contribution in [0.4, 0.5) is 26.4 Å². The number of nitrogens with two attached hydrogens (primary N) is 2. The minimum atomic E-state index is -0.876. The molecule has 5 N–H and O–H groups in total. The van der Waals surface area contributed by atoms with E-state index in [2.05, 4.69) is 20.3 Å². The SMILES string of the molecule is CC(C)CC(Nc1nc(N)nc(N)c1C#N)c1nc2cccc(Cl)c2c(=O)n1-c1cc(F)cc(F)c1. The van der Waals surface area contributed by atoms with Crippen molar-refractivity contribution in [1.82, 2.24) is 19.5 Å². The summed E-state index contributed by atoms with van der Waals surface area (Å²) in [4.78, 5) is 26.3. The van der Waals surface area contributed by atoms with Gasteiger partial charge in [0, 0.05) is 6.07 Å². The van der Waals surface area contributed by atoms with Gasteiger partial charge in [-0.15, -0.1) is 0 Å². The number of nitrogens with zero attached hydrogens (tertiary/aromatic N) is 5. The van der Waals surface area contributed by atoms with Crippen molar-refractivity contribution in [2.45, 2.75) is 26.3 Å². The lowest BCUT2D eigenvalue weighted by Gasteiger charge is -2.25. The molecule has 2 heterocycles. The molecule has 184 valence electrons. The summed E-state index contributed by atoms with van der Waals surface area (Å²) in [6.45, 7) is 3.87. The lowest BCUT2D eigenvalue weighted by molar-refractivity contribution is 0.505. The maximum atomic E-state index is 14.2. The van der Waals surface area contributed by atoms with Crippen LogP contribution in [0.25, 0.3) is 16.6 Å². The van der Waals surface area contributed by atoms with Crippen LogP contribution in [-0.4, -0.2) is 19.5 Å². The molecule has 0 fully saturated rings. The Labute approximate surface area is 209 Å². The van der Waals surface area contributed by atoms with Crippen LogP contribution in [-0.2, 0) is 0 Å². The molecule has 0 aliphatic carbocycles. The molecule has 4 aromatic rings. The summed E-state index contributed by atoms with van der Waals surface area (Å²) >= 11 is 6.31. The highest BCUT2D eigenvalue weighted by Crippen LogP contribution is 2.30. The molecule has 0 saturated heterocycles. The zero-order chi connectivity index (χ0) is 26.1. The van der Waals surface area contributed by atoms with E-state index >= 15 is 0 Å². The number of nitriles is 1. The highest BCUT2D eigenvalue weighted by Gasteiger charge is 2.26. The number of nitrogen functional groups attached to an aromatic ring is 2. The van der Waals surface area contributed by atoms with Gasteiger partial charge in [-0.05, 0) is 36.6 Å². The Morgan fingerprint density at radius 3 is 2.47 bits per heavy atom. The molecular weight excluding hydrogens is 490 g/mol. The first-order valence-corrected chi connectivity index (χ1v) is 11.2. The lowest BCUT2D eigenvalue weighted by atomic mass is 10.0. The number of aromatic nitrogens is 4. The first-order valence-electron chi connectivity index (χ1n) is 10.9. The Balaban J connectivity index is 2.04. The molecule has 0 saturated carbocycles. The fraction of sp³-hybridized carbons (Fsp3) is 0.208. The highest BCUT2D eigenvalue weighted by atomic mass is 35.5. The van der Waals surface area contributed by atoms with Gasteiger partial charge < -0.3 is 16.8 Å². The van der Waals surface area contributed by atoms with E-state index in [-0.39, 0.29) is 56.5 Å². The van der Waals surface area contributed by atoms with Crippen LogP contribution < -0.4 is 22.3 Å². The Morgan fingerprint density at radius 2 is 1.83 bits per heavy atom. The summed E-state index contributed by atoms with van der Waals surface area (Å²) in [5.74, 6) is -1.84. The molecule has 0 radical (unpaired) electrons. The number of benzene rings is 2. The van der Waals surface area contributed by atoms with E-state index in [9.17, 15) is 18.8 Å². The van der Waals surface area contributed by atoms with Crippen molar-refractivity contribution in [2.24, 2.45) is 5.92 Å². The zero-order valence-corrected chi connectivity index (χ0v) is 20.0. The van der Waals surface area contributed by atoms with Crippen LogP contribution in [0.15, 0.2) is 41.2 Å². The number of fused-ring (bicyclic) bond motifs is 1. The van der Waals surface area contributed by atoms with E-state index in [0.717, 1.165) is 16.7 Å². The quantitative estimate of drug-likeness (QED) is 0.347. The number of nitrogens with one attached hydrogen (secondary N) is 1. The predicted molar refractivity (Wildman–Crippen MR) is 134 cm³/mol. The second-order valence-electron chi connectivity index (χ2n) is 8.50. The number of halogens is 3. The number of hydrogen-bond donors (Lipinski definition) is 3. The van der Waals surface area contributed by atoms with Crippen molar-refractivity contribution in [3.8, 4) is 11.8 Å². The summed E-state index contributed by atoms with van der Waals surface area (Å²) in [5, 5.41) is 12.9. The second kappa shape index (κ2) is 9.75. The summed E-state index contributed by atoms with van der Waals surface area (Å²) in [7, 11) is 0. The molecule has 1 atom stereocenters. The van der Waals surface area contributed by atoms with Gasteiger partial charge in [0.1, 0.15) is 34.9 Å². The van der Waals surface area contributed by atoms with Gasteiger partial charge in [0.25, 0.3) is 5.56 Å². The molecule has 36 heavy (non-hydrogen) atoms. The number of rotatable bonds is 6. The van der Waals surface area contributed by atoms with Gasteiger partial charge >= 0.3 is 0 Å². The normalized spacial score (nSPS) is 12.0. The molecule has 9 nitrogen and oxygen atoms in total. The van der Waals surface area contributed by atoms with Crippen molar-refractivity contribution in [3.63, 3.8) is 0 Å². The molecule has 0 spiro atoms. The summed E-state index contributed by atoms with van der Waals surface area (Å²) in [5.41, 5.74) is 11.1. The van der Waals surface area contributed by atoms with Gasteiger partial charge in [-0.25, -0.2) is 13.8 Å². The van der Waals surface area contributed by atoms with Crippen LogP contribution in [0, 0.1) is 28.9 Å². The average Bonchev–Trinajstić information content (AvgIpc) is 2.77. The maximum Gasteiger partial charge on any atom is 0.267 e. The van der Waals surface area contributed by atoms with E-state index in [1.807, 2.05) is 19.9 Å². The summed E-state index contributed by atoms with van der Waals surface area (Å²) in [6.07, 6.45) is 0.380. The number of hydrogen-bond acceptors (Lipinski definition) is 8. The molecule has 12 heteroatoms. The minimum Gasteiger partial charge on any atom is -0.382 e. The van der Waals surface area contributed by atoms with Crippen molar-refractivity contribution in [1.29, 1.82) is 5.26 Å². The summed E-state index contributed by atoms with van der Waals surface area (Å²) in [6, 6.07) is 8.68. The third kappa shape index (κ3) is 4.76. The van der Waals surface area contributed by atoms with E-state index < -0.39 is 23.2 Å². The average molecular weight is 511 g/mol. The molecule has 2 aromatic heterocycles. The van der Waals surface area contributed by atoms with Crippen LogP contribution in [0.2, 0.25) is 5.02 Å². The Hall–Kier alpha value is -4.30. The second-order valence-corrected chi connectivity index (χ2v) is 8.91. The molecule has 4 rings (SSSR count). The first kappa shape index (κ1) is 24.8. The zero-order valence-electron chi connectivity index (χ0n) is 19.3. The molecule has 0 aliphatic rings. The van der Waals surface area contributed by atoms with Gasteiger partial charge in [0.05, 0.1) is 27.7 Å². The molecule has 1 unspecified atom stereocenters. The van der Waals surface area contributed by atoms with Crippen molar-refractivity contribution in [3.05, 3.63) is 74.8 Å². The topological polar surface area (TPSA) is 149 Å². The van der Waals surface area contributed by atoms with Crippen LogP contribution >= 0.6 is 11.6 Å². The first-order chi connectivity index (χ1) is 17.1. The smallest absolute Gasteiger partial charge is 0.267 e. The van der Waals surface area contributed by atoms with Gasteiger partial charge in [0.15, 0.2) is 5.82 Å². The minimum absolute atomic E-state index is 0.0329. The fourth-order valence-corrected chi connectivity index (χ4v) is 4.18. The molecule has 0 amide bonds. The van der Waals surface area contributed by atoms with Gasteiger partial charge in [-0.2, -0.15) is 15.2 Å². The predicted octanol–water partition coefficient (Wildman–Crippen LogP) is 4.34. The fourth-order valence-electron chi connectivity index (χ4n) is 3.93. The Kier molecular flexibility index (Phi) is 6.72. The summed E-state index contributed by atoms with van der Waals surface area (Å²) < 4.78 is 29.5. The largest absolute Gasteiger partial charge is 0.382 e. The van der Waals surface area contributed by atoms with E-state index in [4.69, 9.17) is 23.1 Å². The van der Waals surface area contributed by atoms with E-state index in [0.29, 0.717) is 12.5 Å². The van der Waals surface area contributed by atoms with Crippen LogP contribution in [0.3, 0.4) is 0 Å².